The lowest BCUT2D eigenvalue weighted by atomic mass is 10.2. The van der Waals surface area contributed by atoms with Gasteiger partial charge in [0.05, 0.1) is 11.1 Å². The summed E-state index contributed by atoms with van der Waals surface area (Å²) in [5, 5.41) is 0. The zero-order valence-corrected chi connectivity index (χ0v) is 10.3. The minimum Gasteiger partial charge on any atom is -0.366 e. The third kappa shape index (κ3) is 2.38. The molecule has 76 valence electrons. The normalized spacial score (nSPS) is 10.6. The van der Waals surface area contributed by atoms with Crippen LogP contribution in [0.2, 0.25) is 0 Å². The molecule has 0 aliphatic carbocycles. The van der Waals surface area contributed by atoms with Crippen molar-refractivity contribution in [3.8, 4) is 0 Å². The highest BCUT2D eigenvalue weighted by Crippen LogP contribution is 2.27. The van der Waals surface area contributed by atoms with E-state index in [1.807, 2.05) is 0 Å². The molecule has 0 atom stereocenters. The number of nitrogens with two attached hydrogens (primary N) is 1. The third-order valence-electron chi connectivity index (χ3n) is 1.46. The number of pyridine rings is 1. The van der Waals surface area contributed by atoms with Crippen molar-refractivity contribution in [2.45, 2.75) is 6.43 Å². The Bertz CT molecular complexity index is 386. The zero-order chi connectivity index (χ0) is 10.9. The number of carbonyl (C=O) groups excluding carboxylic acids is 1. The number of nitrogens with zero attached hydrogens (tertiary/aromatic N) is 1. The van der Waals surface area contributed by atoms with Crippen LogP contribution in [0.3, 0.4) is 0 Å². The van der Waals surface area contributed by atoms with Gasteiger partial charge in [-0.2, -0.15) is 0 Å². The predicted molar refractivity (Wildman–Crippen MR) is 58.1 cm³/mol. The molecule has 1 aromatic heterocycles. The van der Waals surface area contributed by atoms with Gasteiger partial charge in [0, 0.05) is 0 Å². The van der Waals surface area contributed by atoms with E-state index in [2.05, 4.69) is 20.9 Å². The molecule has 0 radical (unpaired) electrons. The van der Waals surface area contributed by atoms with Crippen LogP contribution in [0.1, 0.15) is 22.3 Å². The Morgan fingerprint density at radius 1 is 1.64 bits per heavy atom. The summed E-state index contributed by atoms with van der Waals surface area (Å²) in [7, 11) is 0. The second kappa shape index (κ2) is 4.47. The van der Waals surface area contributed by atoms with Gasteiger partial charge in [-0.05, 0) is 44.6 Å². The van der Waals surface area contributed by atoms with E-state index in [1.54, 1.807) is 22.6 Å². The van der Waals surface area contributed by atoms with Crippen LogP contribution >= 0.6 is 38.5 Å². The van der Waals surface area contributed by atoms with E-state index in [0.717, 1.165) is 6.07 Å². The molecule has 7 heteroatoms. The van der Waals surface area contributed by atoms with Gasteiger partial charge in [-0.3, -0.25) is 4.79 Å². The molecule has 0 aromatic carbocycles. The standard InChI is InChI=1S/C7H4BrF2IN2O/c8-4-2(7(12)14)1-3(5(9)10)6(11)13-4/h1,5H,(H2,12,14). The number of rotatable bonds is 2. The van der Waals surface area contributed by atoms with Crippen LogP contribution in [-0.2, 0) is 0 Å². The predicted octanol–water partition coefficient (Wildman–Crippen LogP) is 2.49. The van der Waals surface area contributed by atoms with E-state index in [-0.39, 0.29) is 19.4 Å². The molecular weight excluding hydrogens is 373 g/mol. The van der Waals surface area contributed by atoms with Crippen molar-refractivity contribution in [1.29, 1.82) is 0 Å². The van der Waals surface area contributed by atoms with Crippen LogP contribution < -0.4 is 5.73 Å². The lowest BCUT2D eigenvalue weighted by Gasteiger charge is -2.05. The fraction of sp³-hybridized carbons (Fsp3) is 0.143. The van der Waals surface area contributed by atoms with Gasteiger partial charge in [0.1, 0.15) is 8.30 Å². The maximum Gasteiger partial charge on any atom is 0.266 e. The number of amides is 1. The minimum absolute atomic E-state index is 0.0410. The summed E-state index contributed by atoms with van der Waals surface area (Å²) in [6.07, 6.45) is -2.67. The highest BCUT2D eigenvalue weighted by atomic mass is 127. The number of primary amides is 1. The van der Waals surface area contributed by atoms with E-state index in [0.29, 0.717) is 0 Å². The average Bonchev–Trinajstić information content (AvgIpc) is 2.02. The number of alkyl halides is 2. The highest BCUT2D eigenvalue weighted by molar-refractivity contribution is 14.1. The van der Waals surface area contributed by atoms with Crippen molar-refractivity contribution in [2.75, 3.05) is 0 Å². The van der Waals surface area contributed by atoms with Crippen LogP contribution in [0.25, 0.3) is 0 Å². The van der Waals surface area contributed by atoms with Gasteiger partial charge in [-0.25, -0.2) is 13.8 Å². The van der Waals surface area contributed by atoms with E-state index in [1.165, 1.54) is 0 Å². The molecule has 0 aliphatic heterocycles. The van der Waals surface area contributed by atoms with Crippen LogP contribution in [0, 0.1) is 3.70 Å². The van der Waals surface area contributed by atoms with Gasteiger partial charge in [0.25, 0.3) is 12.3 Å². The number of carbonyl (C=O) groups is 1. The molecule has 1 heterocycles. The second-order valence-electron chi connectivity index (χ2n) is 2.37. The summed E-state index contributed by atoms with van der Waals surface area (Å²) >= 11 is 4.64. The van der Waals surface area contributed by atoms with Crippen LogP contribution in [0.5, 0.6) is 0 Å². The second-order valence-corrected chi connectivity index (χ2v) is 4.14. The van der Waals surface area contributed by atoms with Gasteiger partial charge >= 0.3 is 0 Å². The molecule has 1 rings (SSSR count). The van der Waals surface area contributed by atoms with Gasteiger partial charge in [-0.15, -0.1) is 0 Å². The number of aromatic nitrogens is 1. The largest absolute Gasteiger partial charge is 0.366 e. The first kappa shape index (κ1) is 11.8. The molecule has 0 unspecified atom stereocenters. The first-order valence-electron chi connectivity index (χ1n) is 3.37. The summed E-state index contributed by atoms with van der Waals surface area (Å²) in [6, 6.07) is 1.05. The molecular formula is C7H4BrF2IN2O. The van der Waals surface area contributed by atoms with Crippen molar-refractivity contribution in [3.05, 3.63) is 25.5 Å². The van der Waals surface area contributed by atoms with Crippen molar-refractivity contribution >= 4 is 44.4 Å². The minimum atomic E-state index is -2.67. The molecule has 1 amide bonds. The maximum atomic E-state index is 12.4. The van der Waals surface area contributed by atoms with E-state index < -0.39 is 12.3 Å². The molecule has 14 heavy (non-hydrogen) atoms. The van der Waals surface area contributed by atoms with Crippen molar-refractivity contribution in [1.82, 2.24) is 4.98 Å². The topological polar surface area (TPSA) is 56.0 Å². The van der Waals surface area contributed by atoms with E-state index in [9.17, 15) is 13.6 Å². The number of halogens is 4. The number of hydrogen-bond acceptors (Lipinski definition) is 2. The Labute approximate surface area is 100 Å². The summed E-state index contributed by atoms with van der Waals surface area (Å²) < 4.78 is 25.1. The van der Waals surface area contributed by atoms with Crippen LogP contribution in [0.15, 0.2) is 10.7 Å². The van der Waals surface area contributed by atoms with Gasteiger partial charge in [0.2, 0.25) is 0 Å². The van der Waals surface area contributed by atoms with Crippen molar-refractivity contribution < 1.29 is 13.6 Å². The summed E-state index contributed by atoms with van der Waals surface area (Å²) in [4.78, 5) is 14.6. The van der Waals surface area contributed by atoms with Crippen molar-refractivity contribution in [3.63, 3.8) is 0 Å². The summed E-state index contributed by atoms with van der Waals surface area (Å²) in [5.41, 5.74) is 4.65. The van der Waals surface area contributed by atoms with E-state index >= 15 is 0 Å². The molecule has 3 nitrogen and oxygen atoms in total. The van der Waals surface area contributed by atoms with Gasteiger partial charge in [0.15, 0.2) is 0 Å². The maximum absolute atomic E-state index is 12.4. The number of hydrogen-bond donors (Lipinski definition) is 1. The molecule has 0 spiro atoms. The van der Waals surface area contributed by atoms with E-state index in [4.69, 9.17) is 5.73 Å². The Kier molecular flexibility index (Phi) is 3.76. The van der Waals surface area contributed by atoms with Crippen LogP contribution in [-0.4, -0.2) is 10.9 Å². The summed E-state index contributed by atoms with van der Waals surface area (Å²) in [5.74, 6) is -0.789. The molecule has 0 saturated carbocycles. The summed E-state index contributed by atoms with van der Waals surface area (Å²) in [6.45, 7) is 0. The molecule has 0 fully saturated rings. The van der Waals surface area contributed by atoms with Crippen molar-refractivity contribution in [2.24, 2.45) is 5.73 Å². The fourth-order valence-electron chi connectivity index (χ4n) is 0.811. The third-order valence-corrected chi connectivity index (χ3v) is 2.93. The smallest absolute Gasteiger partial charge is 0.266 e. The molecule has 0 saturated heterocycles. The fourth-order valence-corrected chi connectivity index (χ4v) is 2.26. The monoisotopic (exact) mass is 376 g/mol. The van der Waals surface area contributed by atoms with Gasteiger partial charge in [-0.1, -0.05) is 0 Å². The van der Waals surface area contributed by atoms with Crippen LogP contribution in [0.4, 0.5) is 8.78 Å². The Morgan fingerprint density at radius 3 is 2.64 bits per heavy atom. The Morgan fingerprint density at radius 2 is 2.21 bits per heavy atom. The van der Waals surface area contributed by atoms with Gasteiger partial charge < -0.3 is 5.73 Å². The quantitative estimate of drug-likeness (QED) is 0.636. The molecule has 0 bridgehead atoms. The highest BCUT2D eigenvalue weighted by Gasteiger charge is 2.18. The molecule has 0 aliphatic rings. The Balaban J connectivity index is 3.34. The molecule has 2 N–H and O–H groups in total. The average molecular weight is 377 g/mol. The lowest BCUT2D eigenvalue weighted by molar-refractivity contribution is 0.0998. The first-order valence-corrected chi connectivity index (χ1v) is 5.24. The SMILES string of the molecule is NC(=O)c1cc(C(F)F)c(I)nc1Br. The molecule has 1 aromatic rings. The first-order chi connectivity index (χ1) is 6.43. The zero-order valence-electron chi connectivity index (χ0n) is 6.60. The Hall–Kier alpha value is -0.310. The lowest BCUT2D eigenvalue weighted by Crippen LogP contribution is -2.14.